The van der Waals surface area contributed by atoms with Crippen molar-refractivity contribution in [3.8, 4) is 5.88 Å². The number of nitrogens with zero attached hydrogens (tertiary/aromatic N) is 2. The van der Waals surface area contributed by atoms with Crippen LogP contribution >= 0.6 is 0 Å². The van der Waals surface area contributed by atoms with Gasteiger partial charge in [0.1, 0.15) is 0 Å². The van der Waals surface area contributed by atoms with Crippen LogP contribution in [0.2, 0.25) is 0 Å². The van der Waals surface area contributed by atoms with Crippen molar-refractivity contribution in [2.24, 2.45) is 5.41 Å². The van der Waals surface area contributed by atoms with Crippen LogP contribution in [0.15, 0.2) is 42.5 Å². The molecule has 1 saturated heterocycles. The molecule has 1 unspecified atom stereocenters. The number of aromatic nitrogens is 1. The van der Waals surface area contributed by atoms with Crippen molar-refractivity contribution >= 4 is 5.91 Å². The number of fused-ring (bicyclic) bond motifs is 1. The number of carbonyl (C=O) groups excluding carboxylic acids is 1. The number of amides is 1. The minimum Gasteiger partial charge on any atom is -0.481 e. The Bertz CT molecular complexity index is 792. The molecule has 1 aromatic carbocycles. The summed E-state index contributed by atoms with van der Waals surface area (Å²) in [5.74, 6) is 0.817. The summed E-state index contributed by atoms with van der Waals surface area (Å²) in [5, 5.41) is 3.13. The number of benzene rings is 1. The van der Waals surface area contributed by atoms with E-state index in [2.05, 4.69) is 33.4 Å². The van der Waals surface area contributed by atoms with E-state index in [0.717, 1.165) is 38.2 Å². The van der Waals surface area contributed by atoms with E-state index in [-0.39, 0.29) is 11.3 Å². The fourth-order valence-corrected chi connectivity index (χ4v) is 4.02. The van der Waals surface area contributed by atoms with Gasteiger partial charge < -0.3 is 10.1 Å². The maximum atomic E-state index is 12.8. The molecule has 25 heavy (non-hydrogen) atoms. The minimum atomic E-state index is -0.328. The summed E-state index contributed by atoms with van der Waals surface area (Å²) in [5.41, 5.74) is 3.18. The largest absolute Gasteiger partial charge is 0.481 e. The van der Waals surface area contributed by atoms with Crippen molar-refractivity contribution in [1.82, 2.24) is 15.2 Å². The smallest absolute Gasteiger partial charge is 0.228 e. The van der Waals surface area contributed by atoms with Crippen molar-refractivity contribution < 1.29 is 9.53 Å². The van der Waals surface area contributed by atoms with Gasteiger partial charge in [-0.05, 0) is 36.6 Å². The Labute approximate surface area is 148 Å². The highest BCUT2D eigenvalue weighted by atomic mass is 16.5. The van der Waals surface area contributed by atoms with Crippen LogP contribution in [0.4, 0.5) is 0 Å². The van der Waals surface area contributed by atoms with Crippen LogP contribution in [0.25, 0.3) is 0 Å². The maximum absolute atomic E-state index is 12.8. The predicted octanol–water partition coefficient (Wildman–Crippen LogP) is 2.15. The Kier molecular flexibility index (Phi) is 4.17. The molecule has 0 aliphatic carbocycles. The van der Waals surface area contributed by atoms with Crippen LogP contribution in [0, 0.1) is 5.41 Å². The van der Waals surface area contributed by atoms with Gasteiger partial charge in [-0.2, -0.15) is 0 Å². The normalized spacial score (nSPS) is 23.2. The SMILES string of the molecule is COc1cccc(CN2CCC3(Cc4ccccc4CNC3=O)C2)n1. The van der Waals surface area contributed by atoms with Gasteiger partial charge in [-0.3, -0.25) is 9.69 Å². The number of hydrogen-bond acceptors (Lipinski definition) is 4. The number of rotatable bonds is 3. The highest BCUT2D eigenvalue weighted by Gasteiger charge is 2.45. The van der Waals surface area contributed by atoms with Gasteiger partial charge in [0.05, 0.1) is 18.2 Å². The molecule has 2 aliphatic heterocycles. The summed E-state index contributed by atoms with van der Waals surface area (Å²) >= 11 is 0. The maximum Gasteiger partial charge on any atom is 0.228 e. The third-order valence-electron chi connectivity index (χ3n) is 5.38. The molecule has 1 amide bonds. The van der Waals surface area contributed by atoms with Gasteiger partial charge in [-0.15, -0.1) is 0 Å². The molecule has 2 aliphatic rings. The summed E-state index contributed by atoms with van der Waals surface area (Å²) < 4.78 is 5.21. The second-order valence-corrected chi connectivity index (χ2v) is 7.04. The molecule has 5 heteroatoms. The van der Waals surface area contributed by atoms with Crippen molar-refractivity contribution in [2.45, 2.75) is 25.9 Å². The molecule has 1 fully saturated rings. The van der Waals surface area contributed by atoms with Gasteiger partial charge >= 0.3 is 0 Å². The van der Waals surface area contributed by atoms with E-state index < -0.39 is 0 Å². The standard InChI is InChI=1S/C20H23N3O2/c1-25-18-8-4-7-17(22-18)13-23-10-9-20(14-23)11-15-5-2-3-6-16(15)12-21-19(20)24/h2-8H,9-14H2,1H3,(H,21,24). The molecule has 0 radical (unpaired) electrons. The van der Waals surface area contributed by atoms with Gasteiger partial charge in [0.2, 0.25) is 11.8 Å². The first-order valence-corrected chi connectivity index (χ1v) is 8.76. The summed E-state index contributed by atoms with van der Waals surface area (Å²) in [6, 6.07) is 14.2. The van der Waals surface area contributed by atoms with Gasteiger partial charge in [0.15, 0.2) is 0 Å². The third-order valence-corrected chi connectivity index (χ3v) is 5.38. The number of hydrogen-bond donors (Lipinski definition) is 1. The first-order valence-electron chi connectivity index (χ1n) is 8.76. The monoisotopic (exact) mass is 337 g/mol. The fraction of sp³-hybridized carbons (Fsp3) is 0.400. The van der Waals surface area contributed by atoms with Crippen molar-refractivity contribution in [3.05, 3.63) is 59.3 Å². The third kappa shape index (κ3) is 3.12. The number of nitrogens with one attached hydrogen (secondary N) is 1. The van der Waals surface area contributed by atoms with Crippen LogP contribution in [0.5, 0.6) is 5.88 Å². The summed E-state index contributed by atoms with van der Waals surface area (Å²) in [6.07, 6.45) is 1.70. The molecule has 0 saturated carbocycles. The first-order chi connectivity index (χ1) is 12.2. The Hall–Kier alpha value is -2.40. The average molecular weight is 337 g/mol. The Morgan fingerprint density at radius 1 is 1.20 bits per heavy atom. The quantitative estimate of drug-likeness (QED) is 0.932. The van der Waals surface area contributed by atoms with Crippen LogP contribution in [-0.2, 0) is 24.3 Å². The molecule has 2 aromatic rings. The zero-order valence-corrected chi connectivity index (χ0v) is 14.5. The highest BCUT2D eigenvalue weighted by molar-refractivity contribution is 5.84. The average Bonchev–Trinajstić information content (AvgIpc) is 2.98. The lowest BCUT2D eigenvalue weighted by atomic mass is 9.80. The van der Waals surface area contributed by atoms with Crippen molar-refractivity contribution in [3.63, 3.8) is 0 Å². The fourth-order valence-electron chi connectivity index (χ4n) is 4.02. The second-order valence-electron chi connectivity index (χ2n) is 7.04. The van der Waals surface area contributed by atoms with Gasteiger partial charge in [-0.25, -0.2) is 4.98 Å². The zero-order valence-electron chi connectivity index (χ0n) is 14.5. The van der Waals surface area contributed by atoms with Gasteiger partial charge in [0, 0.05) is 25.7 Å². The molecular formula is C20H23N3O2. The summed E-state index contributed by atoms with van der Waals surface area (Å²) in [6.45, 7) is 3.06. The molecule has 1 N–H and O–H groups in total. The summed E-state index contributed by atoms with van der Waals surface area (Å²) in [7, 11) is 1.63. The van der Waals surface area contributed by atoms with Crippen LogP contribution in [0.3, 0.4) is 0 Å². The van der Waals surface area contributed by atoms with E-state index in [9.17, 15) is 4.79 Å². The predicted molar refractivity (Wildman–Crippen MR) is 95.1 cm³/mol. The van der Waals surface area contributed by atoms with Gasteiger partial charge in [-0.1, -0.05) is 30.3 Å². The van der Waals surface area contributed by atoms with Crippen molar-refractivity contribution in [2.75, 3.05) is 20.2 Å². The molecule has 1 atom stereocenters. The molecule has 0 bridgehead atoms. The van der Waals surface area contributed by atoms with Crippen LogP contribution in [-0.4, -0.2) is 36.0 Å². The molecule has 1 aromatic heterocycles. The van der Waals surface area contributed by atoms with E-state index in [1.165, 1.54) is 11.1 Å². The van der Waals surface area contributed by atoms with E-state index in [4.69, 9.17) is 4.74 Å². The highest BCUT2D eigenvalue weighted by Crippen LogP contribution is 2.37. The van der Waals surface area contributed by atoms with Crippen LogP contribution in [0.1, 0.15) is 23.2 Å². The minimum absolute atomic E-state index is 0.185. The van der Waals surface area contributed by atoms with E-state index in [1.54, 1.807) is 7.11 Å². The number of ether oxygens (including phenoxy) is 1. The number of likely N-dealkylation sites (tertiary alicyclic amines) is 1. The van der Waals surface area contributed by atoms with Gasteiger partial charge in [0.25, 0.3) is 0 Å². The lowest BCUT2D eigenvalue weighted by Crippen LogP contribution is -2.42. The van der Waals surface area contributed by atoms with E-state index in [1.807, 2.05) is 24.3 Å². The molecular weight excluding hydrogens is 314 g/mol. The first kappa shape index (κ1) is 16.1. The Morgan fingerprint density at radius 2 is 2.04 bits per heavy atom. The van der Waals surface area contributed by atoms with E-state index in [0.29, 0.717) is 12.4 Å². The van der Waals surface area contributed by atoms with E-state index >= 15 is 0 Å². The number of pyridine rings is 1. The van der Waals surface area contributed by atoms with Crippen LogP contribution < -0.4 is 10.1 Å². The van der Waals surface area contributed by atoms with Crippen molar-refractivity contribution in [1.29, 1.82) is 0 Å². The lowest BCUT2D eigenvalue weighted by Gasteiger charge is -2.26. The lowest BCUT2D eigenvalue weighted by molar-refractivity contribution is -0.130. The zero-order chi connectivity index (χ0) is 17.3. The summed E-state index contributed by atoms with van der Waals surface area (Å²) in [4.78, 5) is 19.7. The Morgan fingerprint density at radius 3 is 2.88 bits per heavy atom. The topological polar surface area (TPSA) is 54.5 Å². The molecule has 4 rings (SSSR count). The second kappa shape index (κ2) is 6.48. The number of methoxy groups -OCH3 is 1. The molecule has 1 spiro atoms. The Balaban J connectivity index is 1.53. The molecule has 5 nitrogen and oxygen atoms in total. The molecule has 130 valence electrons. The number of carbonyl (C=O) groups is 1. The molecule has 3 heterocycles.